The van der Waals surface area contributed by atoms with Crippen LogP contribution in [0.25, 0.3) is 0 Å². The van der Waals surface area contributed by atoms with Crippen molar-refractivity contribution in [2.45, 2.75) is 0 Å². The molecular formula is C4H9N2NaS4. The van der Waals surface area contributed by atoms with Crippen molar-refractivity contribution in [1.82, 2.24) is 4.90 Å². The Morgan fingerprint density at radius 1 is 1.45 bits per heavy atom. The maximum atomic E-state index is 4.71. The summed E-state index contributed by atoms with van der Waals surface area (Å²) in [6.45, 7) is 0. The van der Waals surface area contributed by atoms with E-state index >= 15 is 0 Å². The molecule has 0 aliphatic carbocycles. The van der Waals surface area contributed by atoms with Crippen LogP contribution in [0.15, 0.2) is 0 Å². The minimum atomic E-state index is 0. The first-order chi connectivity index (χ1) is 4.37. The van der Waals surface area contributed by atoms with Gasteiger partial charge in [-0.1, -0.05) is 16.5 Å². The first-order valence-corrected chi connectivity index (χ1v) is 3.91. The molecule has 0 saturated heterocycles. The minimum Gasteiger partial charge on any atom is -0.411 e. The fourth-order valence-electron chi connectivity index (χ4n) is 0. The summed E-state index contributed by atoms with van der Waals surface area (Å²) in [6.07, 6.45) is 0. The van der Waals surface area contributed by atoms with Crippen molar-refractivity contribution in [3.05, 3.63) is 0 Å². The molecule has 0 amide bonds. The van der Waals surface area contributed by atoms with E-state index < -0.39 is 0 Å². The molecule has 0 aliphatic rings. The Kier molecular flexibility index (Phi) is 18.8. The van der Waals surface area contributed by atoms with Crippen molar-refractivity contribution in [3.63, 3.8) is 0 Å². The van der Waals surface area contributed by atoms with Gasteiger partial charge in [0, 0.05) is 14.1 Å². The molecule has 0 saturated carbocycles. The van der Waals surface area contributed by atoms with Crippen LogP contribution in [0.5, 0.6) is 0 Å². The van der Waals surface area contributed by atoms with Gasteiger partial charge in [0.2, 0.25) is 0 Å². The first kappa shape index (κ1) is 18.2. The molecule has 0 aliphatic heterocycles. The number of hydrogen-bond donors (Lipinski definition) is 2. The van der Waals surface area contributed by atoms with E-state index in [1.54, 1.807) is 4.90 Å². The molecule has 0 spiro atoms. The number of rotatable bonds is 0. The van der Waals surface area contributed by atoms with E-state index in [-0.39, 0.29) is 33.9 Å². The molecule has 0 heterocycles. The van der Waals surface area contributed by atoms with Crippen molar-refractivity contribution in [2.24, 2.45) is 5.73 Å². The molecule has 2 nitrogen and oxygen atoms in total. The molecule has 0 aromatic carbocycles. The van der Waals surface area contributed by atoms with E-state index in [9.17, 15) is 0 Å². The topological polar surface area (TPSA) is 29.3 Å². The predicted molar refractivity (Wildman–Crippen MR) is 59.4 cm³/mol. The van der Waals surface area contributed by atoms with E-state index in [0.717, 1.165) is 0 Å². The second-order valence-electron chi connectivity index (χ2n) is 1.50. The van der Waals surface area contributed by atoms with Gasteiger partial charge in [-0.25, -0.2) is 0 Å². The van der Waals surface area contributed by atoms with Gasteiger partial charge in [0.25, 0.3) is 0 Å². The van der Waals surface area contributed by atoms with Crippen LogP contribution in [-0.2, 0) is 12.6 Å². The average Bonchev–Trinajstić information content (AvgIpc) is 1.63. The SMILES string of the molecule is CN(C)C(=S)[S-].NC(=S)S.[Na+]. The molecule has 11 heavy (non-hydrogen) atoms. The van der Waals surface area contributed by atoms with Crippen LogP contribution in [0, 0.1) is 0 Å². The Balaban J connectivity index is -0.000000114. The molecule has 60 valence electrons. The van der Waals surface area contributed by atoms with E-state index in [2.05, 4.69) is 49.7 Å². The molecule has 7 heteroatoms. The maximum Gasteiger partial charge on any atom is 1.00 e. The molecule has 0 bridgehead atoms. The summed E-state index contributed by atoms with van der Waals surface area (Å²) in [6, 6.07) is 0. The van der Waals surface area contributed by atoms with Crippen LogP contribution in [-0.4, -0.2) is 27.6 Å². The Labute approximate surface area is 111 Å². The van der Waals surface area contributed by atoms with E-state index in [0.29, 0.717) is 4.32 Å². The van der Waals surface area contributed by atoms with Crippen molar-refractivity contribution in [3.8, 4) is 0 Å². The van der Waals surface area contributed by atoms with E-state index in [4.69, 9.17) is 5.73 Å². The standard InChI is InChI=1S/C3H7NS2.CH3NS2.Na/c1-4(2)3(5)6;2-1(3)4;/h1-2H3,(H,5,6);(H3,2,3,4);/q;;+1/p-1. The molecule has 0 atom stereocenters. The average molecular weight is 236 g/mol. The molecule has 0 fully saturated rings. The fourth-order valence-corrected chi connectivity index (χ4v) is 0. The summed E-state index contributed by atoms with van der Waals surface area (Å²) in [5.41, 5.74) is 4.71. The van der Waals surface area contributed by atoms with Crippen molar-refractivity contribution in [2.75, 3.05) is 14.1 Å². The maximum absolute atomic E-state index is 4.71. The number of hydrogen-bond acceptors (Lipinski definition) is 3. The normalized spacial score (nSPS) is 6.45. The summed E-state index contributed by atoms with van der Waals surface area (Å²) < 4.78 is 0.704. The van der Waals surface area contributed by atoms with Gasteiger partial charge >= 0.3 is 29.6 Å². The molecule has 0 aromatic rings. The Bertz CT molecular complexity index is 123. The van der Waals surface area contributed by atoms with Crippen LogP contribution < -0.4 is 35.3 Å². The van der Waals surface area contributed by atoms with Gasteiger partial charge in [0.05, 0.1) is 0 Å². The second kappa shape index (κ2) is 11.4. The Morgan fingerprint density at radius 3 is 1.55 bits per heavy atom. The quantitative estimate of drug-likeness (QED) is 0.211. The summed E-state index contributed by atoms with van der Waals surface area (Å²) in [7, 11) is 3.66. The zero-order valence-corrected chi connectivity index (χ0v) is 12.0. The first-order valence-electron chi connectivity index (χ1n) is 2.24. The third-order valence-electron chi connectivity index (χ3n) is 0.365. The fraction of sp³-hybridized carbons (Fsp3) is 0.500. The van der Waals surface area contributed by atoms with Gasteiger partial charge in [-0.3, -0.25) is 0 Å². The number of nitrogens with two attached hydrogens (primary N) is 1. The molecular weight excluding hydrogens is 227 g/mol. The summed E-state index contributed by atoms with van der Waals surface area (Å²) in [5, 5.41) is 0. The van der Waals surface area contributed by atoms with Gasteiger partial charge in [-0.2, -0.15) is 0 Å². The number of thiol groups is 1. The number of nitrogens with zero attached hydrogens (tertiary/aromatic N) is 1. The molecule has 0 rings (SSSR count). The van der Waals surface area contributed by atoms with Crippen LogP contribution in [0.2, 0.25) is 0 Å². The predicted octanol–water partition coefficient (Wildman–Crippen LogP) is -2.46. The van der Waals surface area contributed by atoms with Gasteiger partial charge < -0.3 is 35.5 Å². The van der Waals surface area contributed by atoms with Gasteiger partial charge in [-0.05, 0) is 0 Å². The zero-order valence-electron chi connectivity index (χ0n) is 6.70. The van der Waals surface area contributed by atoms with Crippen LogP contribution in [0.4, 0.5) is 0 Å². The second-order valence-corrected chi connectivity index (χ2v) is 3.75. The van der Waals surface area contributed by atoms with E-state index in [1.807, 2.05) is 14.1 Å². The largest absolute Gasteiger partial charge is 1.00 e. The van der Waals surface area contributed by atoms with Crippen molar-refractivity contribution in [1.29, 1.82) is 0 Å². The molecule has 0 aromatic heterocycles. The minimum absolute atomic E-state index is 0. The number of thiocarbonyl (C=S) groups is 2. The Morgan fingerprint density at radius 2 is 1.55 bits per heavy atom. The molecule has 0 radical (unpaired) electrons. The summed E-state index contributed by atoms with van der Waals surface area (Å²) >= 11 is 16.8. The van der Waals surface area contributed by atoms with Crippen molar-refractivity contribution < 1.29 is 29.6 Å². The molecule has 2 N–H and O–H groups in total. The van der Waals surface area contributed by atoms with Crippen LogP contribution in [0.1, 0.15) is 0 Å². The monoisotopic (exact) mass is 236 g/mol. The van der Waals surface area contributed by atoms with Crippen molar-refractivity contribution >= 4 is 58.3 Å². The third-order valence-corrected chi connectivity index (χ3v) is 1.10. The Hall–Kier alpha value is 1.35. The zero-order chi connectivity index (χ0) is 8.73. The van der Waals surface area contributed by atoms with Crippen LogP contribution in [0.3, 0.4) is 0 Å². The summed E-state index contributed by atoms with van der Waals surface area (Å²) in [5.74, 6) is 0. The van der Waals surface area contributed by atoms with Gasteiger partial charge in [0.15, 0.2) is 0 Å². The third kappa shape index (κ3) is 34.7. The van der Waals surface area contributed by atoms with Crippen LogP contribution >= 0.6 is 37.1 Å². The summed E-state index contributed by atoms with van der Waals surface area (Å²) in [4.78, 5) is 1.71. The van der Waals surface area contributed by atoms with Gasteiger partial charge in [0.1, 0.15) is 4.32 Å². The van der Waals surface area contributed by atoms with Gasteiger partial charge in [-0.15, -0.1) is 12.6 Å². The van der Waals surface area contributed by atoms with E-state index in [1.165, 1.54) is 0 Å². The molecule has 0 unspecified atom stereocenters. The smallest absolute Gasteiger partial charge is 0.411 e.